The topological polar surface area (TPSA) is 107 Å². The van der Waals surface area contributed by atoms with Gasteiger partial charge in [-0.1, -0.05) is 18.7 Å². The molecule has 1 aliphatic rings. The highest BCUT2D eigenvalue weighted by atomic mass is 32.2. The number of sulfonamides is 2. The van der Waals surface area contributed by atoms with E-state index in [1.165, 1.54) is 28.6 Å². The lowest BCUT2D eigenvalue weighted by Gasteiger charge is -2.25. The summed E-state index contributed by atoms with van der Waals surface area (Å²) in [5.41, 5.74) is 0.446. The first-order valence-corrected chi connectivity index (χ1v) is 14.1. The number of alkyl halides is 3. The first-order chi connectivity index (χ1) is 16.9. The van der Waals surface area contributed by atoms with Gasteiger partial charge in [-0.2, -0.15) is 17.5 Å². The normalized spacial score (nSPS) is 17.3. The molecule has 198 valence electrons. The van der Waals surface area contributed by atoms with Crippen LogP contribution < -0.4 is 9.62 Å². The maximum absolute atomic E-state index is 13.1. The third-order valence-corrected chi connectivity index (χ3v) is 8.79. The molecular formula is C23H28F3N3O5S2. The second kappa shape index (κ2) is 11.3. The molecule has 1 saturated heterocycles. The summed E-state index contributed by atoms with van der Waals surface area (Å²) >= 11 is 0. The fraction of sp³-hybridized carbons (Fsp3) is 0.391. The van der Waals surface area contributed by atoms with Gasteiger partial charge in [-0.3, -0.25) is 0 Å². The molecule has 3 rings (SSSR count). The SMILES string of the molecule is C=CS(=O)(=O)NCC1CCN(S(=O)(=O)c2ccc(N(CCO)Cc3ccc(C(F)(F)F)cc3)cc2)C1. The monoisotopic (exact) mass is 547 g/mol. The van der Waals surface area contributed by atoms with Gasteiger partial charge in [0.1, 0.15) is 0 Å². The molecule has 2 N–H and O–H groups in total. The number of halogens is 3. The summed E-state index contributed by atoms with van der Waals surface area (Å²) in [7, 11) is -7.39. The zero-order valence-electron chi connectivity index (χ0n) is 19.4. The van der Waals surface area contributed by atoms with Gasteiger partial charge in [0, 0.05) is 43.8 Å². The van der Waals surface area contributed by atoms with Crippen molar-refractivity contribution >= 4 is 25.7 Å². The van der Waals surface area contributed by atoms with Gasteiger partial charge < -0.3 is 10.0 Å². The predicted octanol–water partition coefficient (Wildman–Crippen LogP) is 2.78. The van der Waals surface area contributed by atoms with Gasteiger partial charge in [0.05, 0.1) is 17.1 Å². The molecule has 1 unspecified atom stereocenters. The molecule has 0 amide bonds. The minimum absolute atomic E-state index is 0.0667. The van der Waals surface area contributed by atoms with E-state index in [1.807, 2.05) is 0 Å². The van der Waals surface area contributed by atoms with Crippen LogP contribution in [0.1, 0.15) is 17.5 Å². The summed E-state index contributed by atoms with van der Waals surface area (Å²) in [4.78, 5) is 1.80. The summed E-state index contributed by atoms with van der Waals surface area (Å²) in [5.74, 6) is -0.169. The minimum atomic E-state index is -4.43. The molecule has 13 heteroatoms. The van der Waals surface area contributed by atoms with Crippen LogP contribution in [0.15, 0.2) is 65.4 Å². The maximum Gasteiger partial charge on any atom is 0.416 e. The number of nitrogens with zero attached hydrogens (tertiary/aromatic N) is 2. The Morgan fingerprint density at radius 3 is 2.28 bits per heavy atom. The highest BCUT2D eigenvalue weighted by Crippen LogP contribution is 2.30. The number of benzene rings is 2. The van der Waals surface area contributed by atoms with Crippen LogP contribution in [-0.2, 0) is 32.8 Å². The van der Waals surface area contributed by atoms with Crippen LogP contribution in [0.25, 0.3) is 0 Å². The van der Waals surface area contributed by atoms with Crippen molar-refractivity contribution in [2.24, 2.45) is 5.92 Å². The third-order valence-electron chi connectivity index (χ3n) is 5.91. The fourth-order valence-electron chi connectivity index (χ4n) is 3.89. The third kappa shape index (κ3) is 7.07. The van der Waals surface area contributed by atoms with E-state index in [1.54, 1.807) is 17.0 Å². The van der Waals surface area contributed by atoms with E-state index in [0.29, 0.717) is 17.7 Å². The Morgan fingerprint density at radius 1 is 1.08 bits per heavy atom. The Bertz CT molecular complexity index is 1250. The van der Waals surface area contributed by atoms with Gasteiger partial charge in [-0.25, -0.2) is 21.6 Å². The molecule has 1 fully saturated rings. The van der Waals surface area contributed by atoms with E-state index in [9.17, 15) is 35.1 Å². The largest absolute Gasteiger partial charge is 0.416 e. The Balaban J connectivity index is 1.69. The Hall–Kier alpha value is -2.45. The molecule has 1 atom stereocenters. The van der Waals surface area contributed by atoms with Crippen molar-refractivity contribution < 1.29 is 35.1 Å². The van der Waals surface area contributed by atoms with Gasteiger partial charge in [-0.15, -0.1) is 0 Å². The smallest absolute Gasteiger partial charge is 0.395 e. The summed E-state index contributed by atoms with van der Waals surface area (Å²) < 4.78 is 91.3. The molecule has 0 saturated carbocycles. The molecule has 36 heavy (non-hydrogen) atoms. The number of aliphatic hydroxyl groups is 1. The van der Waals surface area contributed by atoms with E-state index in [0.717, 1.165) is 17.5 Å². The Morgan fingerprint density at radius 2 is 1.72 bits per heavy atom. The van der Waals surface area contributed by atoms with Crippen LogP contribution in [-0.4, -0.2) is 59.0 Å². The molecule has 2 aromatic carbocycles. The van der Waals surface area contributed by atoms with Gasteiger partial charge >= 0.3 is 6.18 Å². The molecule has 0 bridgehead atoms. The molecule has 0 aliphatic carbocycles. The standard InChI is InChI=1S/C23H28F3N3O5S2/c1-2-35(31,32)27-15-19-11-12-29(17-19)36(33,34)22-9-7-21(8-10-22)28(13-14-30)16-18-3-5-20(6-4-18)23(24,25)26/h2-10,19,27,30H,1,11-17H2. The molecule has 0 radical (unpaired) electrons. The van der Waals surface area contributed by atoms with Crippen LogP contribution in [0.2, 0.25) is 0 Å². The first kappa shape index (κ1) is 28.1. The quantitative estimate of drug-likeness (QED) is 0.448. The van der Waals surface area contributed by atoms with Gasteiger partial charge in [0.15, 0.2) is 0 Å². The molecule has 8 nitrogen and oxygen atoms in total. The highest BCUT2D eigenvalue weighted by Gasteiger charge is 2.33. The lowest BCUT2D eigenvalue weighted by atomic mass is 10.1. The van der Waals surface area contributed by atoms with Crippen LogP contribution in [0.4, 0.5) is 18.9 Å². The zero-order chi connectivity index (χ0) is 26.6. The van der Waals surface area contributed by atoms with Crippen LogP contribution >= 0.6 is 0 Å². The molecular weight excluding hydrogens is 519 g/mol. The van der Waals surface area contributed by atoms with Crippen LogP contribution in [0.3, 0.4) is 0 Å². The molecule has 1 heterocycles. The van der Waals surface area contributed by atoms with Gasteiger partial charge in [0.25, 0.3) is 0 Å². The summed E-state index contributed by atoms with van der Waals surface area (Å²) in [6.45, 7) is 3.98. The summed E-state index contributed by atoms with van der Waals surface area (Å²) in [6.07, 6.45) is -3.92. The number of nitrogens with one attached hydrogen (secondary N) is 1. The highest BCUT2D eigenvalue weighted by molar-refractivity contribution is 7.92. The van der Waals surface area contributed by atoms with Crippen molar-refractivity contribution in [3.8, 4) is 0 Å². The van der Waals surface area contributed by atoms with Crippen LogP contribution in [0, 0.1) is 5.92 Å². The van der Waals surface area contributed by atoms with E-state index in [4.69, 9.17) is 0 Å². The average Bonchev–Trinajstić information content (AvgIpc) is 3.33. The van der Waals surface area contributed by atoms with E-state index in [2.05, 4.69) is 11.3 Å². The number of aliphatic hydroxyl groups excluding tert-OH is 1. The number of anilines is 1. The van der Waals surface area contributed by atoms with Gasteiger partial charge in [-0.05, 0) is 54.3 Å². The molecule has 0 aromatic heterocycles. The van der Waals surface area contributed by atoms with E-state index >= 15 is 0 Å². The average molecular weight is 548 g/mol. The van der Waals surface area contributed by atoms with Crippen molar-refractivity contribution in [2.45, 2.75) is 24.0 Å². The maximum atomic E-state index is 13.1. The van der Waals surface area contributed by atoms with Crippen molar-refractivity contribution in [1.29, 1.82) is 0 Å². The lowest BCUT2D eigenvalue weighted by molar-refractivity contribution is -0.137. The second-order valence-electron chi connectivity index (χ2n) is 8.41. The number of hydrogen-bond donors (Lipinski definition) is 2. The zero-order valence-corrected chi connectivity index (χ0v) is 21.0. The van der Waals surface area contributed by atoms with Gasteiger partial charge in [0.2, 0.25) is 20.0 Å². The molecule has 2 aromatic rings. The van der Waals surface area contributed by atoms with Crippen molar-refractivity contribution in [2.75, 3.05) is 37.7 Å². The first-order valence-electron chi connectivity index (χ1n) is 11.1. The van der Waals surface area contributed by atoms with Crippen molar-refractivity contribution in [3.05, 3.63) is 71.6 Å². The fourth-order valence-corrected chi connectivity index (χ4v) is 6.01. The molecule has 0 spiro atoms. The Kier molecular flexibility index (Phi) is 8.83. The number of hydrogen-bond acceptors (Lipinski definition) is 6. The minimum Gasteiger partial charge on any atom is -0.395 e. The van der Waals surface area contributed by atoms with E-state index in [-0.39, 0.29) is 50.1 Å². The van der Waals surface area contributed by atoms with Crippen molar-refractivity contribution in [1.82, 2.24) is 9.03 Å². The second-order valence-corrected chi connectivity index (χ2v) is 12.1. The molecule has 1 aliphatic heterocycles. The predicted molar refractivity (Wildman–Crippen MR) is 130 cm³/mol. The lowest BCUT2D eigenvalue weighted by Crippen LogP contribution is -2.32. The summed E-state index contributed by atoms with van der Waals surface area (Å²) in [5, 5.41) is 10.2. The van der Waals surface area contributed by atoms with E-state index < -0.39 is 31.8 Å². The summed E-state index contributed by atoms with van der Waals surface area (Å²) in [6, 6.07) is 10.8. The van der Waals surface area contributed by atoms with Crippen molar-refractivity contribution in [3.63, 3.8) is 0 Å². The number of rotatable bonds is 11. The Labute approximate surface area is 209 Å². The van der Waals surface area contributed by atoms with Crippen LogP contribution in [0.5, 0.6) is 0 Å².